The first-order valence-electron chi connectivity index (χ1n) is 8.34. The van der Waals surface area contributed by atoms with E-state index in [0.717, 1.165) is 45.4 Å². The molecule has 134 valence electrons. The number of benzene rings is 1. The van der Waals surface area contributed by atoms with Gasteiger partial charge >= 0.3 is 0 Å². The first-order valence-corrected chi connectivity index (χ1v) is 8.34. The fourth-order valence-electron chi connectivity index (χ4n) is 2.41. The third-order valence-electron chi connectivity index (χ3n) is 3.76. The summed E-state index contributed by atoms with van der Waals surface area (Å²) < 4.78 is 23.9. The maximum absolute atomic E-state index is 12.9. The average Bonchev–Trinajstić information content (AvgIpc) is 2.61. The average molecular weight is 338 g/mol. The number of rotatable bonds is 7. The fraction of sp³-hybridized carbons (Fsp3) is 0.588. The van der Waals surface area contributed by atoms with Crippen molar-refractivity contribution in [2.75, 3.05) is 53.0 Å². The van der Waals surface area contributed by atoms with E-state index in [4.69, 9.17) is 9.47 Å². The highest BCUT2D eigenvalue weighted by molar-refractivity contribution is 5.79. The van der Waals surface area contributed by atoms with Crippen LogP contribution in [-0.2, 0) is 4.74 Å². The molecular formula is C17H27FN4O2. The Bertz CT molecular complexity index is 504. The topological polar surface area (TPSA) is 58.1 Å². The lowest BCUT2D eigenvalue weighted by Crippen LogP contribution is -2.46. The summed E-state index contributed by atoms with van der Waals surface area (Å²) in [6, 6.07) is 6.03. The Morgan fingerprint density at radius 1 is 1.29 bits per heavy atom. The first-order chi connectivity index (χ1) is 11.7. The quantitative estimate of drug-likeness (QED) is 0.576. The van der Waals surface area contributed by atoms with Gasteiger partial charge in [0.15, 0.2) is 5.96 Å². The summed E-state index contributed by atoms with van der Waals surface area (Å²) in [6.07, 6.45) is -0.0618. The van der Waals surface area contributed by atoms with Crippen molar-refractivity contribution in [2.24, 2.45) is 4.99 Å². The van der Waals surface area contributed by atoms with E-state index in [1.165, 1.54) is 12.1 Å². The molecule has 0 spiro atoms. The monoisotopic (exact) mass is 338 g/mol. The lowest BCUT2D eigenvalue weighted by atomic mass is 10.3. The minimum atomic E-state index is -0.266. The predicted octanol–water partition coefficient (Wildman–Crippen LogP) is 1.09. The van der Waals surface area contributed by atoms with E-state index in [2.05, 4.69) is 20.5 Å². The molecule has 2 N–H and O–H groups in total. The molecule has 0 bridgehead atoms. The second-order valence-electron chi connectivity index (χ2n) is 5.72. The Balaban J connectivity index is 1.63. The molecule has 1 fully saturated rings. The van der Waals surface area contributed by atoms with E-state index >= 15 is 0 Å². The van der Waals surface area contributed by atoms with Crippen molar-refractivity contribution in [3.8, 4) is 5.75 Å². The molecule has 1 aromatic carbocycles. The molecule has 1 heterocycles. The minimum Gasteiger partial charge on any atom is -0.489 e. The molecule has 1 saturated heterocycles. The van der Waals surface area contributed by atoms with Crippen LogP contribution in [0.2, 0.25) is 0 Å². The summed E-state index contributed by atoms with van der Waals surface area (Å²) in [7, 11) is 1.75. The molecule has 1 unspecified atom stereocenters. The van der Waals surface area contributed by atoms with E-state index in [0.29, 0.717) is 12.3 Å². The van der Waals surface area contributed by atoms with Crippen molar-refractivity contribution in [1.29, 1.82) is 0 Å². The van der Waals surface area contributed by atoms with Gasteiger partial charge < -0.3 is 20.1 Å². The Morgan fingerprint density at radius 3 is 2.67 bits per heavy atom. The molecular weight excluding hydrogens is 311 g/mol. The van der Waals surface area contributed by atoms with E-state index in [1.54, 1.807) is 19.2 Å². The Morgan fingerprint density at radius 2 is 2.00 bits per heavy atom. The van der Waals surface area contributed by atoms with Crippen LogP contribution in [-0.4, -0.2) is 69.9 Å². The predicted molar refractivity (Wildman–Crippen MR) is 93.1 cm³/mol. The van der Waals surface area contributed by atoms with Gasteiger partial charge in [-0.25, -0.2) is 4.39 Å². The van der Waals surface area contributed by atoms with Crippen LogP contribution >= 0.6 is 0 Å². The summed E-state index contributed by atoms with van der Waals surface area (Å²) >= 11 is 0. The van der Waals surface area contributed by atoms with Crippen LogP contribution in [0.1, 0.15) is 6.92 Å². The number of morpholine rings is 1. The van der Waals surface area contributed by atoms with E-state index in [-0.39, 0.29) is 11.9 Å². The molecule has 6 nitrogen and oxygen atoms in total. The van der Waals surface area contributed by atoms with Crippen LogP contribution in [0.25, 0.3) is 0 Å². The summed E-state index contributed by atoms with van der Waals surface area (Å²) in [4.78, 5) is 6.57. The lowest BCUT2D eigenvalue weighted by Gasteiger charge is -2.26. The highest BCUT2D eigenvalue weighted by Gasteiger charge is 2.10. The number of aliphatic imine (C=N–C) groups is 1. The van der Waals surface area contributed by atoms with Gasteiger partial charge in [-0.15, -0.1) is 0 Å². The summed E-state index contributed by atoms with van der Waals surface area (Å²) in [5.41, 5.74) is 0. The van der Waals surface area contributed by atoms with Crippen LogP contribution in [0.5, 0.6) is 5.75 Å². The van der Waals surface area contributed by atoms with E-state index < -0.39 is 0 Å². The molecule has 1 aromatic rings. The van der Waals surface area contributed by atoms with Crippen LogP contribution < -0.4 is 15.4 Å². The van der Waals surface area contributed by atoms with Crippen LogP contribution in [0, 0.1) is 5.82 Å². The maximum atomic E-state index is 12.9. The van der Waals surface area contributed by atoms with Gasteiger partial charge in [0.1, 0.15) is 17.7 Å². The molecule has 7 heteroatoms. The third-order valence-corrected chi connectivity index (χ3v) is 3.76. The number of hydrogen-bond acceptors (Lipinski definition) is 4. The van der Waals surface area contributed by atoms with Crippen molar-refractivity contribution in [3.05, 3.63) is 30.1 Å². The maximum Gasteiger partial charge on any atom is 0.191 e. The third kappa shape index (κ3) is 6.72. The summed E-state index contributed by atoms with van der Waals surface area (Å²) in [6.45, 7) is 7.94. The molecule has 0 amide bonds. The van der Waals surface area contributed by atoms with E-state index in [1.807, 2.05) is 6.92 Å². The van der Waals surface area contributed by atoms with Gasteiger partial charge in [0.2, 0.25) is 0 Å². The van der Waals surface area contributed by atoms with E-state index in [9.17, 15) is 4.39 Å². The largest absolute Gasteiger partial charge is 0.489 e. The number of nitrogens with zero attached hydrogens (tertiary/aromatic N) is 2. The SMILES string of the molecule is CN=C(NCCN1CCOCC1)NCC(C)Oc1ccc(F)cc1. The highest BCUT2D eigenvalue weighted by Crippen LogP contribution is 2.12. The fourth-order valence-corrected chi connectivity index (χ4v) is 2.41. The summed E-state index contributed by atoms with van der Waals surface area (Å²) in [5.74, 6) is 1.14. The zero-order chi connectivity index (χ0) is 17.2. The molecule has 1 aliphatic rings. The zero-order valence-corrected chi connectivity index (χ0v) is 14.4. The molecule has 2 rings (SSSR count). The first kappa shape index (κ1) is 18.5. The Labute approximate surface area is 143 Å². The van der Waals surface area contributed by atoms with Gasteiger partial charge in [-0.2, -0.15) is 0 Å². The smallest absolute Gasteiger partial charge is 0.191 e. The number of guanidine groups is 1. The normalized spacial score (nSPS) is 17.4. The number of nitrogens with one attached hydrogen (secondary N) is 2. The van der Waals surface area contributed by atoms with Gasteiger partial charge in [0.25, 0.3) is 0 Å². The van der Waals surface area contributed by atoms with Gasteiger partial charge in [-0.3, -0.25) is 9.89 Å². The molecule has 1 aliphatic heterocycles. The van der Waals surface area contributed by atoms with Gasteiger partial charge in [0, 0.05) is 33.2 Å². The van der Waals surface area contributed by atoms with Crippen molar-refractivity contribution >= 4 is 5.96 Å². The van der Waals surface area contributed by atoms with Gasteiger partial charge in [-0.05, 0) is 31.2 Å². The molecule has 0 aromatic heterocycles. The Kier molecular flexibility index (Phi) is 7.77. The second-order valence-corrected chi connectivity index (χ2v) is 5.72. The number of hydrogen-bond donors (Lipinski definition) is 2. The van der Waals surface area contributed by atoms with Gasteiger partial charge in [-0.1, -0.05) is 0 Å². The molecule has 0 radical (unpaired) electrons. The lowest BCUT2D eigenvalue weighted by molar-refractivity contribution is 0.0389. The van der Waals surface area contributed by atoms with Gasteiger partial charge in [0.05, 0.1) is 19.8 Å². The molecule has 1 atom stereocenters. The molecule has 0 saturated carbocycles. The van der Waals surface area contributed by atoms with Crippen LogP contribution in [0.3, 0.4) is 0 Å². The second kappa shape index (κ2) is 10.1. The van der Waals surface area contributed by atoms with Crippen molar-refractivity contribution in [1.82, 2.24) is 15.5 Å². The van der Waals surface area contributed by atoms with Crippen molar-refractivity contribution in [3.63, 3.8) is 0 Å². The molecule has 0 aliphatic carbocycles. The van der Waals surface area contributed by atoms with Crippen LogP contribution in [0.15, 0.2) is 29.3 Å². The number of ether oxygens (including phenoxy) is 2. The standard InChI is InChI=1S/C17H27FN4O2/c1-14(24-16-5-3-15(18)4-6-16)13-21-17(19-2)20-7-8-22-9-11-23-12-10-22/h3-6,14H,7-13H2,1-2H3,(H2,19,20,21). The van der Waals surface area contributed by atoms with Crippen LogP contribution in [0.4, 0.5) is 4.39 Å². The van der Waals surface area contributed by atoms with Crippen molar-refractivity contribution < 1.29 is 13.9 Å². The zero-order valence-electron chi connectivity index (χ0n) is 14.4. The highest BCUT2D eigenvalue weighted by atomic mass is 19.1. The number of halogens is 1. The van der Waals surface area contributed by atoms with Crippen molar-refractivity contribution in [2.45, 2.75) is 13.0 Å². The summed E-state index contributed by atoms with van der Waals surface area (Å²) in [5, 5.41) is 6.53. The molecule has 24 heavy (non-hydrogen) atoms. The Hall–Kier alpha value is -1.86. The minimum absolute atomic E-state index is 0.0618.